The summed E-state index contributed by atoms with van der Waals surface area (Å²) in [6.45, 7) is 7.69. The van der Waals surface area contributed by atoms with Gasteiger partial charge in [0, 0.05) is 0 Å². The minimum Gasteiger partial charge on any atom is -0.480 e. The number of benzene rings is 3. The van der Waals surface area contributed by atoms with Crippen LogP contribution < -0.4 is 20.1 Å². The third kappa shape index (κ3) is 13.7. The van der Waals surface area contributed by atoms with Crippen molar-refractivity contribution in [1.82, 2.24) is 10.6 Å². The highest BCUT2D eigenvalue weighted by molar-refractivity contribution is 5.90. The zero-order valence-corrected chi connectivity index (χ0v) is 29.2. The maximum Gasteiger partial charge on any atom is 0.471 e. The molecule has 0 bridgehead atoms. The Morgan fingerprint density at radius 3 is 1.49 bits per heavy atom. The summed E-state index contributed by atoms with van der Waals surface area (Å²) in [5, 5.41) is 14.4. The molecule has 3 rings (SSSR count). The van der Waals surface area contributed by atoms with Gasteiger partial charge in [0.25, 0.3) is 0 Å². The van der Waals surface area contributed by atoms with E-state index in [9.17, 15) is 68.2 Å². The van der Waals surface area contributed by atoms with Crippen LogP contribution in [0.1, 0.15) is 46.1 Å². The molecule has 10 nitrogen and oxygen atoms in total. The second-order valence-corrected chi connectivity index (χ2v) is 12.3. The number of nitrogens with one attached hydrogen (secondary N) is 2. The smallest absolute Gasteiger partial charge is 0.471 e. The fourth-order valence-corrected chi connectivity index (χ4v) is 4.29. The minimum atomic E-state index is -5.59. The summed E-state index contributed by atoms with van der Waals surface area (Å²) in [7, 11) is 0. The number of alkyl carbamates (subject to hydrolysis) is 1. The first kappa shape index (κ1) is 45.6. The number of halogens is 10. The average Bonchev–Trinajstić information content (AvgIpc) is 3.10. The highest BCUT2D eigenvalue weighted by Crippen LogP contribution is 2.35. The van der Waals surface area contributed by atoms with Crippen LogP contribution in [0.2, 0.25) is 0 Å². The molecule has 0 unspecified atom stereocenters. The van der Waals surface area contributed by atoms with Crippen molar-refractivity contribution in [3.8, 4) is 11.5 Å². The number of Topliss-reactive ketones (excluding diaryl/α,β-unsaturated/α-hetero) is 1. The SMILES string of the molecule is CC(C)C[C@H](NC(=O)[C@H](CC(C)C)NC(=O)OCc1ccccc1)C(=O)O.O=C(C(F)(F)Oc1ccc(F)c(F)c1F)C(F)(F)Oc1ccc(F)c(F)c1F. The standard InChI is InChI=1S/C20H30N2O5.C15H4F10O3/c1-13(2)10-16(18(23)21-17(19(24)25)11-14(3)4)22-20(26)27-12-15-8-6-5-7-9-15;16-5-1-3-7(11(20)9(5)18)27-14(22,23)13(26)15(24,25)28-8-4-2-6(17)10(19)12(8)21/h5-9,13-14,16-17H,10-12H2,1-4H3,(H,21,23)(H,22,26)(H,24,25);1-4H/t16-,17-;/m0./s1. The van der Waals surface area contributed by atoms with Crippen molar-refractivity contribution in [3.05, 3.63) is 95.1 Å². The summed E-state index contributed by atoms with van der Waals surface area (Å²) in [6.07, 6.45) is -11.2. The van der Waals surface area contributed by atoms with Gasteiger partial charge in [0.05, 0.1) is 0 Å². The van der Waals surface area contributed by atoms with E-state index in [0.717, 1.165) is 5.56 Å². The predicted octanol–water partition coefficient (Wildman–Crippen LogP) is 7.68. The number of ketones is 1. The topological polar surface area (TPSA) is 140 Å². The number of carboxylic acid groups (broad SMARTS) is 1. The van der Waals surface area contributed by atoms with Gasteiger partial charge < -0.3 is 30.0 Å². The van der Waals surface area contributed by atoms with Crippen molar-refractivity contribution in [3.63, 3.8) is 0 Å². The summed E-state index contributed by atoms with van der Waals surface area (Å²) in [6, 6.07) is 7.69. The molecule has 0 aliphatic carbocycles. The highest BCUT2D eigenvalue weighted by atomic mass is 19.3. The number of hydrogen-bond acceptors (Lipinski definition) is 7. The normalized spacial score (nSPS) is 12.6. The molecule has 0 fully saturated rings. The average molecular weight is 801 g/mol. The van der Waals surface area contributed by atoms with Crippen molar-refractivity contribution in [2.24, 2.45) is 11.8 Å². The van der Waals surface area contributed by atoms with E-state index in [0.29, 0.717) is 12.8 Å². The van der Waals surface area contributed by atoms with Gasteiger partial charge in [-0.15, -0.1) is 0 Å². The second-order valence-electron chi connectivity index (χ2n) is 12.3. The number of ether oxygens (including phenoxy) is 3. The van der Waals surface area contributed by atoms with E-state index >= 15 is 0 Å². The number of rotatable bonds is 16. The van der Waals surface area contributed by atoms with Crippen LogP contribution in [0.15, 0.2) is 54.6 Å². The molecule has 3 N–H and O–H groups in total. The Morgan fingerprint density at radius 1 is 0.636 bits per heavy atom. The van der Waals surface area contributed by atoms with E-state index in [-0.39, 0.29) is 42.7 Å². The zero-order valence-electron chi connectivity index (χ0n) is 29.2. The molecule has 3 aromatic carbocycles. The second kappa shape index (κ2) is 19.7. The molecule has 0 aliphatic heterocycles. The molecule has 0 aliphatic rings. The summed E-state index contributed by atoms with van der Waals surface area (Å²) in [5.41, 5.74) is 0.834. The molecule has 0 spiro atoms. The van der Waals surface area contributed by atoms with Crippen LogP contribution in [0, 0.1) is 46.7 Å². The van der Waals surface area contributed by atoms with Crippen molar-refractivity contribution >= 4 is 23.8 Å². The predicted molar refractivity (Wildman–Crippen MR) is 171 cm³/mol. The molecule has 0 saturated carbocycles. The molecule has 302 valence electrons. The third-order valence-electron chi connectivity index (χ3n) is 6.85. The lowest BCUT2D eigenvalue weighted by Crippen LogP contribution is -2.52. The summed E-state index contributed by atoms with van der Waals surface area (Å²) < 4.78 is 144. The molecule has 0 radical (unpaired) electrons. The zero-order chi connectivity index (χ0) is 41.8. The lowest BCUT2D eigenvalue weighted by atomic mass is 10.0. The lowest BCUT2D eigenvalue weighted by Gasteiger charge is -2.23. The first-order chi connectivity index (χ1) is 25.5. The molecule has 20 heteroatoms. The van der Waals surface area contributed by atoms with Crippen molar-refractivity contribution in [2.45, 2.75) is 71.4 Å². The summed E-state index contributed by atoms with van der Waals surface area (Å²) >= 11 is 0. The van der Waals surface area contributed by atoms with Gasteiger partial charge in [0.15, 0.2) is 34.8 Å². The van der Waals surface area contributed by atoms with Gasteiger partial charge in [-0.25, -0.2) is 27.2 Å². The van der Waals surface area contributed by atoms with Crippen LogP contribution in [0.3, 0.4) is 0 Å². The highest BCUT2D eigenvalue weighted by Gasteiger charge is 2.60. The van der Waals surface area contributed by atoms with Crippen molar-refractivity contribution in [1.29, 1.82) is 0 Å². The van der Waals surface area contributed by atoms with Gasteiger partial charge in [0.2, 0.25) is 17.5 Å². The number of alkyl halides is 4. The maximum absolute atomic E-state index is 13.6. The van der Waals surface area contributed by atoms with Crippen LogP contribution >= 0.6 is 0 Å². The van der Waals surface area contributed by atoms with Crippen LogP contribution in [0.4, 0.5) is 48.7 Å². The number of carboxylic acids is 1. The number of carbonyl (C=O) groups is 4. The number of hydrogen-bond donors (Lipinski definition) is 3. The summed E-state index contributed by atoms with van der Waals surface area (Å²) in [4.78, 5) is 47.3. The molecule has 3 aromatic rings. The van der Waals surface area contributed by atoms with E-state index in [1.165, 1.54) is 0 Å². The van der Waals surface area contributed by atoms with Gasteiger partial charge in [-0.2, -0.15) is 26.3 Å². The Balaban J connectivity index is 0.000000380. The number of amides is 2. The number of carbonyl (C=O) groups excluding carboxylic acids is 3. The van der Waals surface area contributed by atoms with Crippen LogP contribution in [-0.2, 0) is 25.7 Å². The monoisotopic (exact) mass is 800 g/mol. The Morgan fingerprint density at radius 2 is 1.07 bits per heavy atom. The fourth-order valence-electron chi connectivity index (χ4n) is 4.29. The Hall–Kier alpha value is -5.56. The van der Waals surface area contributed by atoms with Crippen LogP contribution in [0.25, 0.3) is 0 Å². The van der Waals surface area contributed by atoms with E-state index in [4.69, 9.17) is 4.74 Å². The molecular weight excluding hydrogens is 766 g/mol. The lowest BCUT2D eigenvalue weighted by molar-refractivity contribution is -0.243. The van der Waals surface area contributed by atoms with Gasteiger partial charge in [-0.3, -0.25) is 9.59 Å². The number of aliphatic carboxylic acids is 1. The van der Waals surface area contributed by atoms with Gasteiger partial charge in [-0.1, -0.05) is 58.0 Å². The molecule has 2 atom stereocenters. The molecular formula is C35H34F10N2O8. The minimum absolute atomic E-state index is 0.0724. The Labute approximate surface area is 306 Å². The molecule has 55 heavy (non-hydrogen) atoms. The third-order valence-corrected chi connectivity index (χ3v) is 6.85. The molecule has 0 saturated heterocycles. The van der Waals surface area contributed by atoms with Gasteiger partial charge in [0.1, 0.15) is 18.7 Å². The van der Waals surface area contributed by atoms with Crippen molar-refractivity contribution in [2.75, 3.05) is 0 Å². The van der Waals surface area contributed by atoms with Gasteiger partial charge >= 0.3 is 30.1 Å². The molecule has 2 amide bonds. The van der Waals surface area contributed by atoms with E-state index < -0.39 is 94.5 Å². The maximum atomic E-state index is 13.6. The quantitative estimate of drug-likeness (QED) is 0.0991. The Bertz CT molecular complexity index is 1740. The molecule has 0 heterocycles. The largest absolute Gasteiger partial charge is 0.480 e. The van der Waals surface area contributed by atoms with E-state index in [1.807, 2.05) is 58.0 Å². The van der Waals surface area contributed by atoms with E-state index in [2.05, 4.69) is 20.1 Å². The van der Waals surface area contributed by atoms with Crippen LogP contribution in [0.5, 0.6) is 11.5 Å². The first-order valence-electron chi connectivity index (χ1n) is 15.9. The van der Waals surface area contributed by atoms with Crippen molar-refractivity contribution < 1.29 is 82.4 Å². The summed E-state index contributed by atoms with van der Waals surface area (Å²) in [5.74, 6) is -21.5. The molecule has 0 aromatic heterocycles. The fraction of sp³-hybridized carbons (Fsp3) is 0.371. The van der Waals surface area contributed by atoms with Crippen LogP contribution in [-0.4, -0.2) is 53.2 Å². The Kier molecular flexibility index (Phi) is 16.3. The first-order valence-corrected chi connectivity index (χ1v) is 15.9. The van der Waals surface area contributed by atoms with E-state index in [1.54, 1.807) is 0 Å². The van der Waals surface area contributed by atoms with Gasteiger partial charge in [-0.05, 0) is 54.5 Å².